The van der Waals surface area contributed by atoms with Gasteiger partial charge in [0, 0.05) is 44.5 Å². The number of aromatic nitrogens is 4. The Morgan fingerprint density at radius 2 is 2.04 bits per heavy atom. The van der Waals surface area contributed by atoms with E-state index in [0.29, 0.717) is 18.2 Å². The molecule has 1 aliphatic rings. The molecule has 1 amide bonds. The molecular formula is C16H25N7O. The van der Waals surface area contributed by atoms with E-state index < -0.39 is 0 Å². The zero-order valence-corrected chi connectivity index (χ0v) is 14.6. The highest BCUT2D eigenvalue weighted by molar-refractivity contribution is 5.78. The summed E-state index contributed by atoms with van der Waals surface area (Å²) in [6.45, 7) is 10.8. The van der Waals surface area contributed by atoms with Crippen molar-refractivity contribution in [2.75, 3.05) is 44.2 Å². The first-order chi connectivity index (χ1) is 11.5. The molecule has 0 aliphatic carbocycles. The zero-order valence-electron chi connectivity index (χ0n) is 14.6. The van der Waals surface area contributed by atoms with Crippen LogP contribution in [0.5, 0.6) is 0 Å². The van der Waals surface area contributed by atoms with Gasteiger partial charge in [0.05, 0.1) is 6.54 Å². The molecule has 0 spiro atoms. The van der Waals surface area contributed by atoms with E-state index >= 15 is 0 Å². The van der Waals surface area contributed by atoms with Crippen molar-refractivity contribution in [3.05, 3.63) is 18.1 Å². The van der Waals surface area contributed by atoms with Crippen LogP contribution in [-0.2, 0) is 4.79 Å². The van der Waals surface area contributed by atoms with E-state index in [2.05, 4.69) is 44.0 Å². The summed E-state index contributed by atoms with van der Waals surface area (Å²) in [5, 5.41) is 7.24. The molecule has 0 aromatic carbocycles. The molecule has 0 radical (unpaired) electrons. The predicted molar refractivity (Wildman–Crippen MR) is 92.0 cm³/mol. The molecule has 1 fully saturated rings. The number of amides is 1. The summed E-state index contributed by atoms with van der Waals surface area (Å²) in [5.41, 5.74) is 0.931. The number of anilines is 1. The fraction of sp³-hybridized carbons (Fsp3) is 0.625. The highest BCUT2D eigenvalue weighted by Gasteiger charge is 2.21. The largest absolute Gasteiger partial charge is 0.355 e. The Kier molecular flexibility index (Phi) is 4.94. The van der Waals surface area contributed by atoms with Gasteiger partial charge in [0.1, 0.15) is 12.1 Å². The van der Waals surface area contributed by atoms with E-state index in [-0.39, 0.29) is 5.91 Å². The van der Waals surface area contributed by atoms with Gasteiger partial charge in [-0.15, -0.1) is 0 Å². The maximum Gasteiger partial charge on any atom is 0.254 e. The van der Waals surface area contributed by atoms with Gasteiger partial charge in [-0.3, -0.25) is 9.69 Å². The highest BCUT2D eigenvalue weighted by atomic mass is 16.2. The highest BCUT2D eigenvalue weighted by Crippen LogP contribution is 2.17. The summed E-state index contributed by atoms with van der Waals surface area (Å²) in [4.78, 5) is 25.0. The van der Waals surface area contributed by atoms with Gasteiger partial charge in [0.2, 0.25) is 5.91 Å². The third kappa shape index (κ3) is 3.81. The average Bonchev–Trinajstić information content (AvgIpc) is 3.01. The lowest BCUT2D eigenvalue weighted by molar-refractivity contribution is -0.122. The van der Waals surface area contributed by atoms with Crippen LogP contribution in [0, 0.1) is 12.8 Å². The number of rotatable bonds is 5. The van der Waals surface area contributed by atoms with Gasteiger partial charge >= 0.3 is 0 Å². The molecule has 2 aromatic heterocycles. The lowest BCUT2D eigenvalue weighted by atomic mass is 10.2. The second-order valence-electron chi connectivity index (χ2n) is 6.69. The van der Waals surface area contributed by atoms with Gasteiger partial charge in [-0.2, -0.15) is 14.6 Å². The normalized spacial score (nSPS) is 16.1. The summed E-state index contributed by atoms with van der Waals surface area (Å²) in [7, 11) is 0. The topological polar surface area (TPSA) is 78.7 Å². The number of hydrogen-bond donors (Lipinski definition) is 1. The number of aryl methyl sites for hydroxylation is 1. The lowest BCUT2D eigenvalue weighted by Gasteiger charge is -2.35. The molecular weight excluding hydrogens is 306 g/mol. The van der Waals surface area contributed by atoms with E-state index in [1.54, 1.807) is 4.52 Å². The Morgan fingerprint density at radius 1 is 1.29 bits per heavy atom. The first-order valence-electron chi connectivity index (χ1n) is 8.44. The zero-order chi connectivity index (χ0) is 17.1. The Balaban J connectivity index is 1.58. The molecule has 3 rings (SSSR count). The molecule has 0 unspecified atom stereocenters. The van der Waals surface area contributed by atoms with Crippen molar-refractivity contribution in [1.82, 2.24) is 29.8 Å². The van der Waals surface area contributed by atoms with Crippen molar-refractivity contribution in [1.29, 1.82) is 0 Å². The van der Waals surface area contributed by atoms with Crippen molar-refractivity contribution in [3.63, 3.8) is 0 Å². The van der Waals surface area contributed by atoms with Crippen molar-refractivity contribution in [2.24, 2.45) is 5.92 Å². The van der Waals surface area contributed by atoms with E-state index in [9.17, 15) is 4.79 Å². The maximum absolute atomic E-state index is 12.0. The Hall–Kier alpha value is -2.22. The Bertz CT molecular complexity index is 704. The van der Waals surface area contributed by atoms with E-state index in [0.717, 1.165) is 44.2 Å². The van der Waals surface area contributed by atoms with Gasteiger partial charge in [0.15, 0.2) is 0 Å². The van der Waals surface area contributed by atoms with E-state index in [4.69, 9.17) is 0 Å². The van der Waals surface area contributed by atoms with Crippen LogP contribution in [0.25, 0.3) is 5.78 Å². The van der Waals surface area contributed by atoms with Crippen LogP contribution >= 0.6 is 0 Å². The standard InChI is InChI=1S/C16H25N7O/c1-12(2)9-17-14(24)10-21-4-6-22(7-5-21)15-8-13(3)20-16-18-11-19-23(15)16/h8,11-12H,4-7,9-10H2,1-3H3,(H,17,24). The summed E-state index contributed by atoms with van der Waals surface area (Å²) in [6, 6.07) is 2.03. The molecule has 3 heterocycles. The summed E-state index contributed by atoms with van der Waals surface area (Å²) < 4.78 is 1.78. The van der Waals surface area contributed by atoms with E-state index in [1.807, 2.05) is 13.0 Å². The van der Waals surface area contributed by atoms with Gasteiger partial charge in [-0.05, 0) is 12.8 Å². The molecule has 8 heteroatoms. The van der Waals surface area contributed by atoms with Crippen LogP contribution < -0.4 is 10.2 Å². The van der Waals surface area contributed by atoms with Crippen LogP contribution in [0.3, 0.4) is 0 Å². The van der Waals surface area contributed by atoms with Crippen molar-refractivity contribution in [2.45, 2.75) is 20.8 Å². The number of carbonyl (C=O) groups is 1. The molecule has 0 bridgehead atoms. The second-order valence-corrected chi connectivity index (χ2v) is 6.69. The number of carbonyl (C=O) groups excluding carboxylic acids is 1. The lowest BCUT2D eigenvalue weighted by Crippen LogP contribution is -2.50. The molecule has 130 valence electrons. The van der Waals surface area contributed by atoms with Crippen molar-refractivity contribution in [3.8, 4) is 0 Å². The summed E-state index contributed by atoms with van der Waals surface area (Å²) in [6.07, 6.45) is 1.53. The number of fused-ring (bicyclic) bond motifs is 1. The number of nitrogens with zero attached hydrogens (tertiary/aromatic N) is 6. The average molecular weight is 331 g/mol. The molecule has 0 atom stereocenters. The maximum atomic E-state index is 12.0. The molecule has 8 nitrogen and oxygen atoms in total. The summed E-state index contributed by atoms with van der Waals surface area (Å²) >= 11 is 0. The predicted octanol–water partition coefficient (Wildman–Crippen LogP) is 0.327. The van der Waals surface area contributed by atoms with Crippen LogP contribution in [0.15, 0.2) is 12.4 Å². The van der Waals surface area contributed by atoms with E-state index in [1.165, 1.54) is 6.33 Å². The molecule has 0 saturated carbocycles. The quantitative estimate of drug-likeness (QED) is 0.850. The molecule has 2 aromatic rings. The number of nitrogens with one attached hydrogen (secondary N) is 1. The van der Waals surface area contributed by atoms with Gasteiger partial charge in [-0.25, -0.2) is 4.98 Å². The fourth-order valence-corrected chi connectivity index (χ4v) is 2.85. The SMILES string of the molecule is Cc1cc(N2CCN(CC(=O)NCC(C)C)CC2)n2ncnc2n1. The third-order valence-corrected chi connectivity index (χ3v) is 4.13. The number of hydrogen-bond acceptors (Lipinski definition) is 6. The van der Waals surface area contributed by atoms with Crippen LogP contribution in [-0.4, -0.2) is 69.7 Å². The third-order valence-electron chi connectivity index (χ3n) is 4.13. The van der Waals surface area contributed by atoms with Gasteiger partial charge in [-0.1, -0.05) is 13.8 Å². The minimum absolute atomic E-state index is 0.107. The Morgan fingerprint density at radius 3 is 2.75 bits per heavy atom. The van der Waals surface area contributed by atoms with Crippen LogP contribution in [0.4, 0.5) is 5.82 Å². The van der Waals surface area contributed by atoms with Crippen molar-refractivity contribution < 1.29 is 4.79 Å². The van der Waals surface area contributed by atoms with Crippen LogP contribution in [0.2, 0.25) is 0 Å². The molecule has 24 heavy (non-hydrogen) atoms. The molecule has 1 saturated heterocycles. The first kappa shape index (κ1) is 16.6. The molecule has 1 aliphatic heterocycles. The molecule has 1 N–H and O–H groups in total. The smallest absolute Gasteiger partial charge is 0.254 e. The van der Waals surface area contributed by atoms with Gasteiger partial charge in [0.25, 0.3) is 5.78 Å². The summed E-state index contributed by atoms with van der Waals surface area (Å²) in [5.74, 6) is 2.22. The fourth-order valence-electron chi connectivity index (χ4n) is 2.85. The van der Waals surface area contributed by atoms with Crippen molar-refractivity contribution >= 4 is 17.5 Å². The minimum atomic E-state index is 0.107. The minimum Gasteiger partial charge on any atom is -0.355 e. The van der Waals surface area contributed by atoms with Crippen LogP contribution in [0.1, 0.15) is 19.5 Å². The van der Waals surface area contributed by atoms with Gasteiger partial charge < -0.3 is 10.2 Å². The number of piperazine rings is 1. The monoisotopic (exact) mass is 331 g/mol. The second kappa shape index (κ2) is 7.12. The first-order valence-corrected chi connectivity index (χ1v) is 8.44. The Labute approximate surface area is 141 Å².